The third-order valence-corrected chi connectivity index (χ3v) is 7.99. The number of benzene rings is 2. The minimum absolute atomic E-state index is 0.0503. The number of hydrogen-bond acceptors (Lipinski definition) is 6. The van der Waals surface area contributed by atoms with Crippen LogP contribution in [0.5, 0.6) is 17.4 Å². The number of fused-ring (bicyclic) bond motifs is 2. The Labute approximate surface area is 232 Å². The van der Waals surface area contributed by atoms with Gasteiger partial charge < -0.3 is 20.3 Å². The monoisotopic (exact) mass is 573 g/mol. The number of rotatable bonds is 5. The van der Waals surface area contributed by atoms with Crippen molar-refractivity contribution in [3.8, 4) is 17.4 Å². The number of aromatic hydroxyl groups is 1. The van der Waals surface area contributed by atoms with Gasteiger partial charge in [0.25, 0.3) is 0 Å². The van der Waals surface area contributed by atoms with Crippen LogP contribution in [0.25, 0.3) is 10.9 Å². The van der Waals surface area contributed by atoms with Crippen molar-refractivity contribution in [1.82, 2.24) is 9.97 Å². The lowest BCUT2D eigenvalue weighted by Crippen LogP contribution is -2.60. The second-order valence-electron chi connectivity index (χ2n) is 10.7. The first-order valence-electron chi connectivity index (χ1n) is 13.0. The topological polar surface area (TPSA) is 87.5 Å². The summed E-state index contributed by atoms with van der Waals surface area (Å²) in [6, 6.07) is 8.87. The minimum Gasteiger partial charge on any atom is -0.508 e. The van der Waals surface area contributed by atoms with E-state index in [9.17, 15) is 32.2 Å². The van der Waals surface area contributed by atoms with Gasteiger partial charge in [-0.25, -0.2) is 14.4 Å². The summed E-state index contributed by atoms with van der Waals surface area (Å²) in [6.07, 6.45) is -3.94. The molecule has 6 nitrogen and oxygen atoms in total. The third kappa shape index (κ3) is 4.81. The Balaban J connectivity index is 1.65. The molecule has 0 spiro atoms. The Kier molecular flexibility index (Phi) is 7.05. The summed E-state index contributed by atoms with van der Waals surface area (Å²) < 4.78 is 77.9. The first-order chi connectivity index (χ1) is 19.2. The summed E-state index contributed by atoms with van der Waals surface area (Å²) >= 11 is 0. The lowest BCUT2D eigenvalue weighted by molar-refractivity contribution is -0.289. The van der Waals surface area contributed by atoms with Crippen LogP contribution in [0.15, 0.2) is 54.7 Å². The van der Waals surface area contributed by atoms with Crippen LogP contribution in [-0.2, 0) is 0 Å². The molecule has 2 heterocycles. The average molecular weight is 574 g/mol. The van der Waals surface area contributed by atoms with Gasteiger partial charge in [-0.3, -0.25) is 0 Å². The van der Waals surface area contributed by atoms with E-state index in [-0.39, 0.29) is 45.5 Å². The highest BCUT2D eigenvalue weighted by Gasteiger charge is 2.65. The molecule has 2 aromatic heterocycles. The third-order valence-electron chi connectivity index (χ3n) is 7.99. The van der Waals surface area contributed by atoms with E-state index in [1.165, 1.54) is 37.3 Å². The molecule has 0 saturated carbocycles. The largest absolute Gasteiger partial charge is 0.508 e. The zero-order valence-electron chi connectivity index (χ0n) is 22.6. The smallest absolute Gasteiger partial charge is 0.419 e. The van der Waals surface area contributed by atoms with Crippen molar-refractivity contribution in [2.75, 3.05) is 5.32 Å². The van der Waals surface area contributed by atoms with Crippen molar-refractivity contribution < 1.29 is 36.9 Å². The molecule has 4 unspecified atom stereocenters. The van der Waals surface area contributed by atoms with Crippen molar-refractivity contribution in [3.05, 3.63) is 83.2 Å². The maximum atomic E-state index is 14.9. The van der Waals surface area contributed by atoms with Crippen LogP contribution >= 0.6 is 0 Å². The van der Waals surface area contributed by atoms with E-state index in [2.05, 4.69) is 15.3 Å². The first-order valence-corrected chi connectivity index (χ1v) is 13.0. The van der Waals surface area contributed by atoms with Crippen molar-refractivity contribution in [2.45, 2.75) is 57.3 Å². The summed E-state index contributed by atoms with van der Waals surface area (Å²) in [7, 11) is 0. The zero-order valence-corrected chi connectivity index (χ0v) is 22.6. The van der Waals surface area contributed by atoms with Crippen molar-refractivity contribution >= 4 is 16.6 Å². The number of anilines is 1. The molecule has 11 heteroatoms. The van der Waals surface area contributed by atoms with Gasteiger partial charge in [0, 0.05) is 28.6 Å². The fourth-order valence-electron chi connectivity index (χ4n) is 5.54. The second kappa shape index (κ2) is 10.1. The van der Waals surface area contributed by atoms with Crippen LogP contribution in [-0.4, -0.2) is 32.0 Å². The van der Waals surface area contributed by atoms with Gasteiger partial charge >= 0.3 is 6.18 Å². The lowest BCUT2D eigenvalue weighted by Gasteiger charge is -2.49. The van der Waals surface area contributed by atoms with Gasteiger partial charge in [0.2, 0.25) is 11.8 Å². The molecule has 0 saturated heterocycles. The van der Waals surface area contributed by atoms with E-state index in [4.69, 9.17) is 4.74 Å². The summed E-state index contributed by atoms with van der Waals surface area (Å²) in [5, 5.41) is 25.4. The highest BCUT2D eigenvalue weighted by atomic mass is 19.4. The van der Waals surface area contributed by atoms with E-state index in [1.54, 1.807) is 13.0 Å². The lowest BCUT2D eigenvalue weighted by atomic mass is 9.63. The molecule has 4 atom stereocenters. The molecular formula is C30H28F5N3O3. The van der Waals surface area contributed by atoms with Gasteiger partial charge in [-0.2, -0.15) is 17.6 Å². The first kappa shape index (κ1) is 28.5. The molecule has 1 aliphatic rings. The van der Waals surface area contributed by atoms with Gasteiger partial charge in [-0.15, -0.1) is 0 Å². The zero-order chi connectivity index (χ0) is 29.9. The Morgan fingerprint density at radius 2 is 1.76 bits per heavy atom. The van der Waals surface area contributed by atoms with E-state index < -0.39 is 41.4 Å². The van der Waals surface area contributed by atoms with Gasteiger partial charge in [0.1, 0.15) is 22.8 Å². The van der Waals surface area contributed by atoms with E-state index >= 15 is 0 Å². The highest BCUT2D eigenvalue weighted by molar-refractivity contribution is 5.92. The molecule has 0 amide bonds. The van der Waals surface area contributed by atoms with Crippen LogP contribution in [0.2, 0.25) is 0 Å². The van der Waals surface area contributed by atoms with E-state index in [0.29, 0.717) is 11.1 Å². The molecule has 1 aliphatic carbocycles. The molecular weight excluding hydrogens is 545 g/mol. The number of nitrogens with one attached hydrogen (secondary N) is 1. The van der Waals surface area contributed by atoms with E-state index in [0.717, 1.165) is 18.3 Å². The number of nitrogens with zero attached hydrogens (tertiary/aromatic N) is 2. The maximum absolute atomic E-state index is 14.9. The molecule has 0 radical (unpaired) electrons. The number of pyridine rings is 2. The number of hydrogen-bond donors (Lipinski definition) is 3. The SMILES string of the molecule is CC(C)c1cc(O)c2c(c1)C(Nc1ccc(F)c3nc(Oc4ccc(F)nc4)ccc13)C(O)(C(F)(F)F)C(C)C2C. The predicted octanol–water partition coefficient (Wildman–Crippen LogP) is 7.73. The van der Waals surface area contributed by atoms with Crippen LogP contribution in [0, 0.1) is 17.7 Å². The average Bonchev–Trinajstić information content (AvgIpc) is 2.91. The summed E-state index contributed by atoms with van der Waals surface area (Å²) in [6.45, 7) is 6.52. The molecule has 5 rings (SSSR count). The van der Waals surface area contributed by atoms with Crippen LogP contribution in [0.3, 0.4) is 0 Å². The van der Waals surface area contributed by atoms with Gasteiger partial charge in [0.15, 0.2) is 5.60 Å². The van der Waals surface area contributed by atoms with Gasteiger partial charge in [-0.1, -0.05) is 33.8 Å². The van der Waals surface area contributed by atoms with Crippen molar-refractivity contribution in [2.24, 2.45) is 5.92 Å². The van der Waals surface area contributed by atoms with Crippen LogP contribution in [0.4, 0.5) is 27.6 Å². The molecule has 0 fully saturated rings. The number of alkyl halides is 3. The van der Waals surface area contributed by atoms with Gasteiger partial charge in [-0.05, 0) is 59.4 Å². The second-order valence-corrected chi connectivity index (χ2v) is 10.7. The van der Waals surface area contributed by atoms with Crippen molar-refractivity contribution in [3.63, 3.8) is 0 Å². The summed E-state index contributed by atoms with van der Waals surface area (Å²) in [4.78, 5) is 7.65. The van der Waals surface area contributed by atoms with E-state index in [1.807, 2.05) is 13.8 Å². The van der Waals surface area contributed by atoms with Crippen LogP contribution < -0.4 is 10.1 Å². The molecule has 0 aliphatic heterocycles. The summed E-state index contributed by atoms with van der Waals surface area (Å²) in [5.74, 6) is -3.83. The number of aliphatic hydroxyl groups is 1. The number of ether oxygens (including phenoxy) is 1. The van der Waals surface area contributed by atoms with Crippen molar-refractivity contribution in [1.29, 1.82) is 0 Å². The minimum atomic E-state index is -5.06. The number of phenols is 1. The Hall–Kier alpha value is -3.99. The molecule has 41 heavy (non-hydrogen) atoms. The van der Waals surface area contributed by atoms with Gasteiger partial charge in [0.05, 0.1) is 12.2 Å². The number of halogens is 5. The highest BCUT2D eigenvalue weighted by Crippen LogP contribution is 2.57. The fraction of sp³-hybridized carbons (Fsp3) is 0.333. The number of aromatic nitrogens is 2. The molecule has 4 aromatic rings. The quantitative estimate of drug-likeness (QED) is 0.167. The summed E-state index contributed by atoms with van der Waals surface area (Å²) in [5.41, 5.74) is -2.35. The molecule has 2 aromatic carbocycles. The molecule has 3 N–H and O–H groups in total. The molecule has 216 valence electrons. The molecule has 0 bridgehead atoms. The maximum Gasteiger partial charge on any atom is 0.419 e. The number of phenolic OH excluding ortho intramolecular Hbond substituents is 1. The normalized spacial score (nSPS) is 22.6. The Morgan fingerprint density at radius 3 is 2.39 bits per heavy atom. The Bertz CT molecular complexity index is 1610. The van der Waals surface area contributed by atoms with Crippen LogP contribution in [0.1, 0.15) is 62.3 Å². The Morgan fingerprint density at radius 1 is 1.02 bits per heavy atom. The fourth-order valence-corrected chi connectivity index (χ4v) is 5.54. The standard InChI is InChI=1S/C30H28F5N3O3/c1-14(2)17-11-20-26(23(39)12-17)15(3)16(4)29(40,30(33,34)35)28(20)37-22-8-7-21(31)27-19(22)6-10-25(38-27)41-18-5-9-24(32)36-13-18/h5-16,28,37,39-40H,1-4H3. The predicted molar refractivity (Wildman–Crippen MR) is 143 cm³/mol.